The molecule has 0 amide bonds. The molecule has 1 saturated heterocycles. The lowest BCUT2D eigenvalue weighted by molar-refractivity contribution is -0.0440. The minimum Gasteiger partial charge on any atom is -0.395 e. The summed E-state index contributed by atoms with van der Waals surface area (Å²) in [6, 6.07) is 0.698. The predicted octanol–water partition coefficient (Wildman–Crippen LogP) is 0.913. The van der Waals surface area contributed by atoms with Gasteiger partial charge in [-0.3, -0.25) is 0 Å². The van der Waals surface area contributed by atoms with Crippen molar-refractivity contribution in [1.29, 1.82) is 0 Å². The number of hydrogen-bond donors (Lipinski definition) is 2. The Kier molecular flexibility index (Phi) is 4.16. The Bertz CT molecular complexity index is 142. The number of aliphatic hydroxyl groups excluding tert-OH is 1. The molecule has 0 aromatic heterocycles. The van der Waals surface area contributed by atoms with Crippen molar-refractivity contribution in [3.8, 4) is 0 Å². The van der Waals surface area contributed by atoms with Crippen LogP contribution in [0.15, 0.2) is 0 Å². The van der Waals surface area contributed by atoms with Crippen LogP contribution in [0.4, 0.5) is 0 Å². The Labute approximate surface area is 80.5 Å². The molecule has 1 rings (SSSR count). The number of rotatable bonds is 3. The van der Waals surface area contributed by atoms with E-state index < -0.39 is 0 Å². The maximum Gasteiger partial charge on any atom is 0.0582 e. The first-order valence-corrected chi connectivity index (χ1v) is 5.14. The second kappa shape index (κ2) is 4.94. The number of ether oxygens (including phenoxy) is 1. The predicted molar refractivity (Wildman–Crippen MR) is 52.7 cm³/mol. The highest BCUT2D eigenvalue weighted by Gasteiger charge is 2.24. The Morgan fingerprint density at radius 3 is 2.38 bits per heavy atom. The van der Waals surface area contributed by atoms with Crippen molar-refractivity contribution >= 4 is 0 Å². The molecule has 1 fully saturated rings. The second-order valence-corrected chi connectivity index (χ2v) is 4.18. The van der Waals surface area contributed by atoms with Gasteiger partial charge < -0.3 is 15.2 Å². The van der Waals surface area contributed by atoms with Crippen LogP contribution in [0.25, 0.3) is 0 Å². The van der Waals surface area contributed by atoms with Crippen molar-refractivity contribution in [3.63, 3.8) is 0 Å². The van der Waals surface area contributed by atoms with Crippen molar-refractivity contribution in [2.24, 2.45) is 0 Å². The molecule has 1 heterocycles. The standard InChI is InChI=1S/C10H21NO2/c1-7(6-12)11-10-4-8(2)13-9(3)5-10/h7-12H,4-6H2,1-3H3/t7-,8+,9+/m1/s1. The molecule has 0 unspecified atom stereocenters. The van der Waals surface area contributed by atoms with Crippen molar-refractivity contribution in [1.82, 2.24) is 5.32 Å². The summed E-state index contributed by atoms with van der Waals surface area (Å²) in [5.41, 5.74) is 0. The fourth-order valence-corrected chi connectivity index (χ4v) is 2.00. The monoisotopic (exact) mass is 187 g/mol. The average molecular weight is 187 g/mol. The molecule has 0 radical (unpaired) electrons. The lowest BCUT2D eigenvalue weighted by Gasteiger charge is -2.34. The molecule has 3 atom stereocenters. The van der Waals surface area contributed by atoms with Gasteiger partial charge in [0, 0.05) is 12.1 Å². The maximum absolute atomic E-state index is 8.90. The molecule has 3 heteroatoms. The van der Waals surface area contributed by atoms with Crippen LogP contribution in [-0.4, -0.2) is 36.0 Å². The molecule has 3 nitrogen and oxygen atoms in total. The molecule has 0 bridgehead atoms. The average Bonchev–Trinajstić information content (AvgIpc) is 2.02. The molecule has 1 aliphatic rings. The number of hydrogen-bond acceptors (Lipinski definition) is 3. The van der Waals surface area contributed by atoms with Crippen molar-refractivity contribution < 1.29 is 9.84 Å². The van der Waals surface area contributed by atoms with E-state index in [0.29, 0.717) is 18.2 Å². The van der Waals surface area contributed by atoms with Crippen molar-refractivity contribution in [2.45, 2.75) is 57.9 Å². The van der Waals surface area contributed by atoms with Gasteiger partial charge in [0.2, 0.25) is 0 Å². The summed E-state index contributed by atoms with van der Waals surface area (Å²) in [5, 5.41) is 12.3. The number of nitrogens with one attached hydrogen (secondary N) is 1. The summed E-state index contributed by atoms with van der Waals surface area (Å²) < 4.78 is 5.63. The van der Waals surface area contributed by atoms with Crippen molar-refractivity contribution in [3.05, 3.63) is 0 Å². The van der Waals surface area contributed by atoms with Crippen molar-refractivity contribution in [2.75, 3.05) is 6.61 Å². The van der Waals surface area contributed by atoms with E-state index in [4.69, 9.17) is 9.84 Å². The van der Waals surface area contributed by atoms with Gasteiger partial charge in [-0.05, 0) is 33.6 Å². The molecule has 0 aromatic rings. The van der Waals surface area contributed by atoms with Gasteiger partial charge in [0.1, 0.15) is 0 Å². The minimum atomic E-state index is 0.197. The van der Waals surface area contributed by atoms with Gasteiger partial charge in [0.05, 0.1) is 18.8 Å². The first kappa shape index (κ1) is 11.0. The third-order valence-electron chi connectivity index (χ3n) is 2.49. The normalized spacial score (nSPS) is 37.4. The zero-order valence-electron chi connectivity index (χ0n) is 8.79. The van der Waals surface area contributed by atoms with E-state index >= 15 is 0 Å². The third kappa shape index (κ3) is 3.63. The van der Waals surface area contributed by atoms with E-state index in [1.54, 1.807) is 0 Å². The third-order valence-corrected chi connectivity index (χ3v) is 2.49. The van der Waals surface area contributed by atoms with Gasteiger partial charge in [0.15, 0.2) is 0 Å². The first-order valence-electron chi connectivity index (χ1n) is 5.14. The zero-order chi connectivity index (χ0) is 9.84. The SMILES string of the molecule is C[C@H](CO)NC1C[C@H](C)O[C@@H](C)C1. The summed E-state index contributed by atoms with van der Waals surface area (Å²) >= 11 is 0. The minimum absolute atomic E-state index is 0.197. The van der Waals surface area contributed by atoms with Crippen LogP contribution in [0.2, 0.25) is 0 Å². The molecule has 0 aliphatic carbocycles. The van der Waals surface area contributed by atoms with Crippen LogP contribution >= 0.6 is 0 Å². The van der Waals surface area contributed by atoms with E-state index in [1.807, 2.05) is 6.92 Å². The Balaban J connectivity index is 2.32. The van der Waals surface area contributed by atoms with Crippen LogP contribution < -0.4 is 5.32 Å². The number of aliphatic hydroxyl groups is 1. The smallest absolute Gasteiger partial charge is 0.0582 e. The highest BCUT2D eigenvalue weighted by molar-refractivity contribution is 4.80. The van der Waals surface area contributed by atoms with Crippen LogP contribution in [-0.2, 0) is 4.74 Å². The fraction of sp³-hybridized carbons (Fsp3) is 1.00. The fourth-order valence-electron chi connectivity index (χ4n) is 2.00. The quantitative estimate of drug-likeness (QED) is 0.690. The van der Waals surface area contributed by atoms with E-state index in [0.717, 1.165) is 12.8 Å². The summed E-state index contributed by atoms with van der Waals surface area (Å²) in [6.45, 7) is 6.42. The maximum atomic E-state index is 8.90. The summed E-state index contributed by atoms with van der Waals surface area (Å²) in [6.07, 6.45) is 2.78. The largest absolute Gasteiger partial charge is 0.395 e. The Hall–Kier alpha value is -0.120. The molecule has 0 aromatic carbocycles. The van der Waals surface area contributed by atoms with E-state index in [-0.39, 0.29) is 12.6 Å². The van der Waals surface area contributed by atoms with Gasteiger partial charge in [-0.2, -0.15) is 0 Å². The van der Waals surface area contributed by atoms with Crippen LogP contribution in [0.1, 0.15) is 33.6 Å². The van der Waals surface area contributed by atoms with Gasteiger partial charge in [-0.1, -0.05) is 0 Å². The Morgan fingerprint density at radius 2 is 1.92 bits per heavy atom. The van der Waals surface area contributed by atoms with Gasteiger partial charge in [0.25, 0.3) is 0 Å². The molecule has 0 saturated carbocycles. The molecule has 2 N–H and O–H groups in total. The van der Waals surface area contributed by atoms with E-state index in [1.165, 1.54) is 0 Å². The molecule has 78 valence electrons. The molecule has 0 spiro atoms. The molecule has 13 heavy (non-hydrogen) atoms. The van der Waals surface area contributed by atoms with E-state index in [9.17, 15) is 0 Å². The van der Waals surface area contributed by atoms with Gasteiger partial charge in [-0.25, -0.2) is 0 Å². The van der Waals surface area contributed by atoms with Crippen LogP contribution in [0.5, 0.6) is 0 Å². The summed E-state index contributed by atoms with van der Waals surface area (Å²) in [7, 11) is 0. The highest BCUT2D eigenvalue weighted by Crippen LogP contribution is 2.19. The summed E-state index contributed by atoms with van der Waals surface area (Å²) in [4.78, 5) is 0. The van der Waals surface area contributed by atoms with Crippen LogP contribution in [0, 0.1) is 0 Å². The zero-order valence-corrected chi connectivity index (χ0v) is 8.79. The van der Waals surface area contributed by atoms with Gasteiger partial charge in [-0.15, -0.1) is 0 Å². The Morgan fingerprint density at radius 1 is 1.38 bits per heavy atom. The van der Waals surface area contributed by atoms with E-state index in [2.05, 4.69) is 19.2 Å². The highest BCUT2D eigenvalue weighted by atomic mass is 16.5. The molecular formula is C10H21NO2. The van der Waals surface area contributed by atoms with Crippen LogP contribution in [0.3, 0.4) is 0 Å². The topological polar surface area (TPSA) is 41.5 Å². The molecular weight excluding hydrogens is 166 g/mol. The lowest BCUT2D eigenvalue weighted by Crippen LogP contribution is -2.45. The summed E-state index contributed by atoms with van der Waals surface area (Å²) in [5.74, 6) is 0. The molecule has 1 aliphatic heterocycles. The first-order chi connectivity index (χ1) is 6.11. The van der Waals surface area contributed by atoms with Gasteiger partial charge >= 0.3 is 0 Å². The lowest BCUT2D eigenvalue weighted by atomic mass is 9.99. The second-order valence-electron chi connectivity index (χ2n) is 4.18.